The van der Waals surface area contributed by atoms with Gasteiger partial charge in [-0.2, -0.15) is 0 Å². The van der Waals surface area contributed by atoms with Gasteiger partial charge in [-0.1, -0.05) is 61.5 Å². The quantitative estimate of drug-likeness (QED) is 0.834. The highest BCUT2D eigenvalue weighted by atomic mass is 16.2. The van der Waals surface area contributed by atoms with Crippen molar-refractivity contribution in [2.45, 2.75) is 32.7 Å². The van der Waals surface area contributed by atoms with E-state index in [0.717, 1.165) is 22.4 Å². The van der Waals surface area contributed by atoms with Crippen LogP contribution in [-0.2, 0) is 16.1 Å². The standard InChI is InChI=1S/C21H21NO2/c1-2-19(23)13-14-21(24)22-15-18-9-4-3-7-16(18)11-12-17-8-5-6-10-20(17)22/h3-12H,2,13-15H2,1H3/b12-11-. The molecule has 3 heteroatoms. The van der Waals surface area contributed by atoms with Gasteiger partial charge in [0, 0.05) is 19.3 Å². The van der Waals surface area contributed by atoms with Crippen molar-refractivity contribution in [1.29, 1.82) is 0 Å². The molecule has 1 heterocycles. The fourth-order valence-corrected chi connectivity index (χ4v) is 2.93. The van der Waals surface area contributed by atoms with E-state index in [0.29, 0.717) is 19.4 Å². The monoisotopic (exact) mass is 319 g/mol. The summed E-state index contributed by atoms with van der Waals surface area (Å²) in [5.74, 6) is 0.123. The molecule has 0 fully saturated rings. The predicted octanol–water partition coefficient (Wildman–Crippen LogP) is 4.46. The molecule has 0 bridgehead atoms. The van der Waals surface area contributed by atoms with Crippen molar-refractivity contribution in [1.82, 2.24) is 0 Å². The molecule has 0 atom stereocenters. The van der Waals surface area contributed by atoms with Crippen LogP contribution in [0, 0.1) is 0 Å². The van der Waals surface area contributed by atoms with E-state index in [1.165, 1.54) is 0 Å². The molecule has 0 saturated heterocycles. The molecule has 0 saturated carbocycles. The second-order valence-electron chi connectivity index (χ2n) is 5.96. The van der Waals surface area contributed by atoms with Gasteiger partial charge in [0.15, 0.2) is 0 Å². The Balaban J connectivity index is 1.96. The number of carbonyl (C=O) groups is 2. The Kier molecular flexibility index (Phi) is 4.90. The number of nitrogens with zero attached hydrogens (tertiary/aromatic N) is 1. The van der Waals surface area contributed by atoms with Crippen LogP contribution >= 0.6 is 0 Å². The molecule has 0 aromatic heterocycles. The van der Waals surface area contributed by atoms with Crippen LogP contribution in [0.3, 0.4) is 0 Å². The fraction of sp³-hybridized carbons (Fsp3) is 0.238. The van der Waals surface area contributed by atoms with Gasteiger partial charge in [0.2, 0.25) is 5.91 Å². The lowest BCUT2D eigenvalue weighted by atomic mass is 10.0. The molecular weight excluding hydrogens is 298 g/mol. The van der Waals surface area contributed by atoms with Gasteiger partial charge in [-0.3, -0.25) is 9.59 Å². The first-order valence-corrected chi connectivity index (χ1v) is 8.36. The Morgan fingerprint density at radius 2 is 1.58 bits per heavy atom. The molecule has 2 aromatic rings. The predicted molar refractivity (Wildman–Crippen MR) is 97.5 cm³/mol. The van der Waals surface area contributed by atoms with Crippen molar-refractivity contribution in [3.63, 3.8) is 0 Å². The first-order chi connectivity index (χ1) is 11.7. The molecule has 0 radical (unpaired) electrons. The highest BCUT2D eigenvalue weighted by molar-refractivity contribution is 5.98. The number of carbonyl (C=O) groups excluding carboxylic acids is 2. The minimum absolute atomic E-state index is 0.00523. The summed E-state index contributed by atoms with van der Waals surface area (Å²) in [6.45, 7) is 2.36. The minimum atomic E-state index is -0.00523. The number of rotatable bonds is 4. The number of Topliss-reactive ketones (excluding diaryl/α,β-unsaturated/α-hetero) is 1. The number of fused-ring (bicyclic) bond motifs is 2. The van der Waals surface area contributed by atoms with Gasteiger partial charge in [-0.25, -0.2) is 0 Å². The topological polar surface area (TPSA) is 37.4 Å². The lowest BCUT2D eigenvalue weighted by Crippen LogP contribution is -2.31. The van der Waals surface area contributed by atoms with Crippen LogP contribution in [0.4, 0.5) is 5.69 Å². The third-order valence-electron chi connectivity index (χ3n) is 4.37. The van der Waals surface area contributed by atoms with Crippen LogP contribution in [0.1, 0.15) is 42.9 Å². The molecule has 0 unspecified atom stereocenters. The smallest absolute Gasteiger partial charge is 0.227 e. The number of amides is 1. The van der Waals surface area contributed by atoms with Gasteiger partial charge in [-0.15, -0.1) is 0 Å². The van der Waals surface area contributed by atoms with E-state index in [9.17, 15) is 9.59 Å². The molecule has 3 rings (SSSR count). The molecule has 3 nitrogen and oxygen atoms in total. The zero-order valence-electron chi connectivity index (χ0n) is 13.9. The number of hydrogen-bond acceptors (Lipinski definition) is 2. The Morgan fingerprint density at radius 3 is 2.38 bits per heavy atom. The molecule has 1 aliphatic rings. The normalized spacial score (nSPS) is 14.1. The first-order valence-electron chi connectivity index (χ1n) is 8.36. The van der Waals surface area contributed by atoms with Gasteiger partial charge in [0.25, 0.3) is 0 Å². The van der Waals surface area contributed by atoms with Crippen molar-refractivity contribution in [3.8, 4) is 0 Å². The summed E-state index contributed by atoms with van der Waals surface area (Å²) in [6, 6.07) is 16.0. The van der Waals surface area contributed by atoms with E-state index in [4.69, 9.17) is 0 Å². The molecule has 0 spiro atoms. The maximum Gasteiger partial charge on any atom is 0.227 e. The highest BCUT2D eigenvalue weighted by Gasteiger charge is 2.21. The van der Waals surface area contributed by atoms with E-state index in [2.05, 4.69) is 12.1 Å². The molecule has 2 aromatic carbocycles. The summed E-state index contributed by atoms with van der Waals surface area (Å²) in [6.07, 6.45) is 5.19. The zero-order valence-corrected chi connectivity index (χ0v) is 13.9. The summed E-state index contributed by atoms with van der Waals surface area (Å²) in [5.41, 5.74) is 4.15. The Hall–Kier alpha value is -2.68. The van der Waals surface area contributed by atoms with Crippen LogP contribution in [-0.4, -0.2) is 11.7 Å². The average molecular weight is 319 g/mol. The SMILES string of the molecule is CCC(=O)CCC(=O)N1Cc2ccccc2/C=C\c2ccccc21. The lowest BCUT2D eigenvalue weighted by molar-refractivity contribution is -0.123. The van der Waals surface area contributed by atoms with Gasteiger partial charge >= 0.3 is 0 Å². The summed E-state index contributed by atoms with van der Waals surface area (Å²) in [5, 5.41) is 0. The molecule has 1 aliphatic heterocycles. The van der Waals surface area contributed by atoms with E-state index < -0.39 is 0 Å². The first kappa shape index (κ1) is 16.2. The lowest BCUT2D eigenvalue weighted by Gasteiger charge is -2.27. The van der Waals surface area contributed by atoms with Gasteiger partial charge in [0.1, 0.15) is 5.78 Å². The Bertz CT molecular complexity index is 792. The van der Waals surface area contributed by atoms with Crippen LogP contribution in [0.5, 0.6) is 0 Å². The maximum absolute atomic E-state index is 12.8. The van der Waals surface area contributed by atoms with Crippen molar-refractivity contribution in [2.75, 3.05) is 4.90 Å². The second-order valence-corrected chi connectivity index (χ2v) is 5.96. The van der Waals surface area contributed by atoms with Crippen LogP contribution in [0.15, 0.2) is 48.5 Å². The van der Waals surface area contributed by atoms with Crippen LogP contribution < -0.4 is 4.90 Å². The average Bonchev–Trinajstić information content (AvgIpc) is 2.61. The summed E-state index contributed by atoms with van der Waals surface area (Å²) in [4.78, 5) is 26.2. The van der Waals surface area contributed by atoms with Crippen molar-refractivity contribution < 1.29 is 9.59 Å². The van der Waals surface area contributed by atoms with Crippen LogP contribution in [0.2, 0.25) is 0 Å². The summed E-state index contributed by atoms with van der Waals surface area (Å²) >= 11 is 0. The van der Waals surface area contributed by atoms with E-state index in [-0.39, 0.29) is 18.1 Å². The Labute approximate surface area is 142 Å². The molecule has 1 amide bonds. The third-order valence-corrected chi connectivity index (χ3v) is 4.37. The Morgan fingerprint density at radius 1 is 0.917 bits per heavy atom. The van der Waals surface area contributed by atoms with E-state index in [1.54, 1.807) is 4.90 Å². The molecular formula is C21H21NO2. The van der Waals surface area contributed by atoms with Gasteiger partial charge in [0.05, 0.1) is 12.2 Å². The maximum atomic E-state index is 12.8. The minimum Gasteiger partial charge on any atom is -0.307 e. The van der Waals surface area contributed by atoms with Crippen molar-refractivity contribution in [2.24, 2.45) is 0 Å². The molecule has 24 heavy (non-hydrogen) atoms. The molecule has 0 N–H and O–H groups in total. The summed E-state index contributed by atoms with van der Waals surface area (Å²) in [7, 11) is 0. The van der Waals surface area contributed by atoms with Gasteiger partial charge in [-0.05, 0) is 22.8 Å². The fourth-order valence-electron chi connectivity index (χ4n) is 2.93. The number of benzene rings is 2. The van der Waals surface area contributed by atoms with E-state index in [1.807, 2.05) is 55.5 Å². The molecule has 122 valence electrons. The second kappa shape index (κ2) is 7.26. The number of para-hydroxylation sites is 1. The molecule has 0 aliphatic carbocycles. The van der Waals surface area contributed by atoms with Gasteiger partial charge < -0.3 is 4.90 Å². The number of ketones is 1. The van der Waals surface area contributed by atoms with Crippen molar-refractivity contribution >= 4 is 29.5 Å². The number of anilines is 1. The zero-order chi connectivity index (χ0) is 16.9. The third kappa shape index (κ3) is 3.46. The van der Waals surface area contributed by atoms with E-state index >= 15 is 0 Å². The number of hydrogen-bond donors (Lipinski definition) is 0. The van der Waals surface area contributed by atoms with Crippen LogP contribution in [0.25, 0.3) is 12.2 Å². The largest absolute Gasteiger partial charge is 0.307 e. The summed E-state index contributed by atoms with van der Waals surface area (Å²) < 4.78 is 0. The van der Waals surface area contributed by atoms with Crippen molar-refractivity contribution in [3.05, 3.63) is 65.2 Å². The highest BCUT2D eigenvalue weighted by Crippen LogP contribution is 2.29.